The fourth-order valence-electron chi connectivity index (χ4n) is 1.45. The third kappa shape index (κ3) is 3.77. The fraction of sp³-hybridized carbons (Fsp3) is 0.900. The van der Waals surface area contributed by atoms with Gasteiger partial charge in [0.2, 0.25) is 5.91 Å². The van der Waals surface area contributed by atoms with Crippen molar-refractivity contribution in [2.75, 3.05) is 26.9 Å². The molecule has 1 fully saturated rings. The zero-order valence-corrected chi connectivity index (χ0v) is 9.38. The summed E-state index contributed by atoms with van der Waals surface area (Å²) >= 11 is 0. The van der Waals surface area contributed by atoms with Gasteiger partial charge in [0.1, 0.15) is 0 Å². The van der Waals surface area contributed by atoms with Crippen LogP contribution >= 0.6 is 0 Å². The quantitative estimate of drug-likeness (QED) is 0.490. The lowest BCUT2D eigenvalue weighted by molar-refractivity contribution is -0.123. The van der Waals surface area contributed by atoms with E-state index < -0.39 is 0 Å². The van der Waals surface area contributed by atoms with Crippen LogP contribution in [0.4, 0.5) is 0 Å². The number of carbonyl (C=O) groups excluding carboxylic acids is 1. The van der Waals surface area contributed by atoms with Crippen LogP contribution in [0.2, 0.25) is 0 Å². The molecule has 1 atom stereocenters. The van der Waals surface area contributed by atoms with Crippen molar-refractivity contribution in [3.05, 3.63) is 0 Å². The molecule has 15 heavy (non-hydrogen) atoms. The molecule has 1 saturated carbocycles. The van der Waals surface area contributed by atoms with Crippen LogP contribution in [0.25, 0.3) is 0 Å². The van der Waals surface area contributed by atoms with Gasteiger partial charge in [0.05, 0.1) is 19.3 Å². The van der Waals surface area contributed by atoms with Gasteiger partial charge in [-0.2, -0.15) is 0 Å². The zero-order chi connectivity index (χ0) is 11.3. The summed E-state index contributed by atoms with van der Waals surface area (Å²) in [5.41, 5.74) is -0.196. The Morgan fingerprint density at radius 2 is 2.27 bits per heavy atom. The summed E-state index contributed by atoms with van der Waals surface area (Å²) in [5, 5.41) is 15.0. The Morgan fingerprint density at radius 1 is 1.60 bits per heavy atom. The number of ether oxygens (including phenoxy) is 1. The summed E-state index contributed by atoms with van der Waals surface area (Å²) < 4.78 is 4.83. The van der Waals surface area contributed by atoms with Crippen molar-refractivity contribution >= 4 is 5.91 Å². The maximum absolute atomic E-state index is 11.5. The van der Waals surface area contributed by atoms with Gasteiger partial charge < -0.3 is 15.2 Å². The van der Waals surface area contributed by atoms with Crippen LogP contribution in [0, 0.1) is 0 Å². The van der Waals surface area contributed by atoms with Crippen molar-refractivity contribution in [1.29, 1.82) is 0 Å². The third-order valence-corrected chi connectivity index (χ3v) is 2.68. The van der Waals surface area contributed by atoms with Crippen LogP contribution in [0.1, 0.15) is 19.8 Å². The van der Waals surface area contributed by atoms with Crippen LogP contribution < -0.4 is 10.6 Å². The average molecular weight is 216 g/mol. The standard InChI is InChI=1S/C10H20N2O3/c1-8(9(14)11-5-6-15-2)12-10(7-13)3-4-10/h8,12-13H,3-7H2,1-2H3,(H,11,14). The molecule has 0 saturated heterocycles. The van der Waals surface area contributed by atoms with E-state index in [1.54, 1.807) is 14.0 Å². The maximum atomic E-state index is 11.5. The minimum atomic E-state index is -0.267. The topological polar surface area (TPSA) is 70.6 Å². The van der Waals surface area contributed by atoms with Crippen molar-refractivity contribution in [3.8, 4) is 0 Å². The number of rotatable bonds is 7. The number of methoxy groups -OCH3 is 1. The molecule has 5 heteroatoms. The Balaban J connectivity index is 2.21. The predicted molar refractivity (Wildman–Crippen MR) is 56.5 cm³/mol. The van der Waals surface area contributed by atoms with Gasteiger partial charge in [0, 0.05) is 19.2 Å². The zero-order valence-electron chi connectivity index (χ0n) is 9.38. The van der Waals surface area contributed by atoms with Gasteiger partial charge in [-0.15, -0.1) is 0 Å². The number of hydrogen-bond acceptors (Lipinski definition) is 4. The van der Waals surface area contributed by atoms with E-state index in [0.717, 1.165) is 12.8 Å². The maximum Gasteiger partial charge on any atom is 0.236 e. The van der Waals surface area contributed by atoms with Gasteiger partial charge in [-0.1, -0.05) is 0 Å². The van der Waals surface area contributed by atoms with Crippen LogP contribution in [0.15, 0.2) is 0 Å². The van der Waals surface area contributed by atoms with Gasteiger partial charge in [0.15, 0.2) is 0 Å². The van der Waals surface area contributed by atoms with E-state index in [4.69, 9.17) is 9.84 Å². The molecule has 0 aromatic heterocycles. The molecule has 1 amide bonds. The second kappa shape index (κ2) is 5.44. The first-order valence-corrected chi connectivity index (χ1v) is 5.29. The molecule has 0 radical (unpaired) electrons. The van der Waals surface area contributed by atoms with E-state index in [2.05, 4.69) is 10.6 Å². The predicted octanol–water partition coefficient (Wildman–Crippen LogP) is -0.748. The summed E-state index contributed by atoms with van der Waals surface area (Å²) in [7, 11) is 1.60. The molecule has 1 rings (SSSR count). The molecule has 88 valence electrons. The van der Waals surface area contributed by atoms with Crippen molar-refractivity contribution in [1.82, 2.24) is 10.6 Å². The highest BCUT2D eigenvalue weighted by atomic mass is 16.5. The van der Waals surface area contributed by atoms with E-state index in [9.17, 15) is 4.79 Å². The summed E-state index contributed by atoms with van der Waals surface area (Å²) in [6, 6.07) is -0.267. The first-order chi connectivity index (χ1) is 7.13. The van der Waals surface area contributed by atoms with E-state index in [1.165, 1.54) is 0 Å². The Hall–Kier alpha value is -0.650. The number of amides is 1. The summed E-state index contributed by atoms with van der Waals surface area (Å²) in [4.78, 5) is 11.5. The third-order valence-electron chi connectivity index (χ3n) is 2.68. The van der Waals surface area contributed by atoms with Gasteiger partial charge in [-0.25, -0.2) is 0 Å². The van der Waals surface area contributed by atoms with Gasteiger partial charge in [0.25, 0.3) is 0 Å². The molecular formula is C10H20N2O3. The van der Waals surface area contributed by atoms with Crippen LogP contribution in [0.3, 0.4) is 0 Å². The van der Waals surface area contributed by atoms with Gasteiger partial charge >= 0.3 is 0 Å². The first kappa shape index (κ1) is 12.4. The minimum Gasteiger partial charge on any atom is -0.394 e. The largest absolute Gasteiger partial charge is 0.394 e. The summed E-state index contributed by atoms with van der Waals surface area (Å²) in [5.74, 6) is -0.0493. The normalized spacial score (nSPS) is 19.7. The first-order valence-electron chi connectivity index (χ1n) is 5.29. The van der Waals surface area contributed by atoms with Crippen LogP contribution in [0.5, 0.6) is 0 Å². The average Bonchev–Trinajstić information content (AvgIpc) is 2.98. The Morgan fingerprint density at radius 3 is 2.73 bits per heavy atom. The van der Waals surface area contributed by atoms with Crippen LogP contribution in [-0.4, -0.2) is 49.5 Å². The molecule has 5 nitrogen and oxygen atoms in total. The summed E-state index contributed by atoms with van der Waals surface area (Å²) in [6.45, 7) is 2.94. The van der Waals surface area contributed by atoms with Gasteiger partial charge in [-0.05, 0) is 19.8 Å². The highest BCUT2D eigenvalue weighted by molar-refractivity contribution is 5.81. The van der Waals surface area contributed by atoms with E-state index in [0.29, 0.717) is 13.2 Å². The van der Waals surface area contributed by atoms with E-state index in [1.807, 2.05) is 0 Å². The lowest BCUT2D eigenvalue weighted by atomic mass is 10.2. The molecule has 0 aromatic rings. The number of aliphatic hydroxyl groups is 1. The Bertz CT molecular complexity index is 217. The Kier molecular flexibility index (Phi) is 4.50. The molecule has 0 spiro atoms. The fourth-order valence-corrected chi connectivity index (χ4v) is 1.45. The lowest BCUT2D eigenvalue weighted by Crippen LogP contribution is -2.49. The number of nitrogens with one attached hydrogen (secondary N) is 2. The molecule has 1 unspecified atom stereocenters. The van der Waals surface area contributed by atoms with Crippen LogP contribution in [-0.2, 0) is 9.53 Å². The number of aliphatic hydroxyl groups excluding tert-OH is 1. The number of carbonyl (C=O) groups is 1. The second-order valence-electron chi connectivity index (χ2n) is 4.09. The van der Waals surface area contributed by atoms with Crippen molar-refractivity contribution in [2.24, 2.45) is 0 Å². The molecule has 3 N–H and O–H groups in total. The molecule has 1 aliphatic rings. The van der Waals surface area contributed by atoms with E-state index >= 15 is 0 Å². The van der Waals surface area contributed by atoms with Gasteiger partial charge in [-0.3, -0.25) is 10.1 Å². The Labute approximate surface area is 90.2 Å². The van der Waals surface area contributed by atoms with Crippen molar-refractivity contribution < 1.29 is 14.6 Å². The molecule has 1 aliphatic carbocycles. The van der Waals surface area contributed by atoms with Crippen molar-refractivity contribution in [3.63, 3.8) is 0 Å². The SMILES string of the molecule is COCCNC(=O)C(C)NC1(CO)CC1. The lowest BCUT2D eigenvalue weighted by Gasteiger charge is -2.20. The molecule has 0 aliphatic heterocycles. The van der Waals surface area contributed by atoms with Crippen molar-refractivity contribution in [2.45, 2.75) is 31.3 Å². The highest BCUT2D eigenvalue weighted by Crippen LogP contribution is 2.34. The smallest absolute Gasteiger partial charge is 0.236 e. The minimum absolute atomic E-state index is 0.0493. The molecule has 0 bridgehead atoms. The molecular weight excluding hydrogens is 196 g/mol. The monoisotopic (exact) mass is 216 g/mol. The second-order valence-corrected chi connectivity index (χ2v) is 4.09. The molecule has 0 heterocycles. The number of hydrogen-bond donors (Lipinski definition) is 3. The molecule has 0 aromatic carbocycles. The summed E-state index contributed by atoms with van der Waals surface area (Å²) in [6.07, 6.45) is 1.89. The highest BCUT2D eigenvalue weighted by Gasteiger charge is 2.43. The van der Waals surface area contributed by atoms with E-state index in [-0.39, 0.29) is 24.1 Å².